The fraction of sp³-hybridized carbons (Fsp3) is 0.438. The number of hydrogen-bond acceptors (Lipinski definition) is 3. The normalized spacial score (nSPS) is 15.1. The van der Waals surface area contributed by atoms with Gasteiger partial charge in [0, 0.05) is 12.1 Å². The predicted molar refractivity (Wildman–Crippen MR) is 78.8 cm³/mol. The molecule has 1 aromatic rings. The Labute approximate surface area is 124 Å². The van der Waals surface area contributed by atoms with Crippen LogP contribution in [0.25, 0.3) is 0 Å². The molecule has 5 nitrogen and oxygen atoms in total. The lowest BCUT2D eigenvalue weighted by atomic mass is 10.1. The van der Waals surface area contributed by atoms with E-state index in [-0.39, 0.29) is 5.91 Å². The zero-order chi connectivity index (χ0) is 15.4. The molecule has 2 N–H and O–H groups in total. The Kier molecular flexibility index (Phi) is 4.73. The Bertz CT molecular complexity index is 547. The van der Waals surface area contributed by atoms with E-state index in [0.29, 0.717) is 18.0 Å². The van der Waals surface area contributed by atoms with E-state index < -0.39 is 17.7 Å². The maximum Gasteiger partial charge on any atom is 0.289 e. The molecule has 2 amide bonds. The van der Waals surface area contributed by atoms with Gasteiger partial charge in [-0.1, -0.05) is 17.7 Å². The molecule has 1 aliphatic rings. The first-order chi connectivity index (χ1) is 9.97. The number of ketones is 1. The first-order valence-electron chi connectivity index (χ1n) is 7.17. The molecule has 2 rings (SSSR count). The maximum absolute atomic E-state index is 12.0. The van der Waals surface area contributed by atoms with E-state index in [0.717, 1.165) is 18.4 Å². The standard InChI is InChI=1S/C16H20N2O3/c1-10-3-7-13(8-4-10)15(20)18-11(2)14(19)16(21)17-9-12-5-6-12/h3-4,7-8,11-12H,5-6,9H2,1-2H3,(H,17,21)(H,18,20). The highest BCUT2D eigenvalue weighted by atomic mass is 16.2. The average Bonchev–Trinajstić information content (AvgIpc) is 3.28. The van der Waals surface area contributed by atoms with E-state index in [1.165, 1.54) is 6.92 Å². The summed E-state index contributed by atoms with van der Waals surface area (Å²) < 4.78 is 0. The fourth-order valence-corrected chi connectivity index (χ4v) is 1.89. The predicted octanol–water partition coefficient (Wildman–Crippen LogP) is 1.21. The van der Waals surface area contributed by atoms with Crippen LogP contribution in [0.2, 0.25) is 0 Å². The van der Waals surface area contributed by atoms with Gasteiger partial charge >= 0.3 is 0 Å². The molecule has 1 aromatic carbocycles. The highest BCUT2D eigenvalue weighted by Gasteiger charge is 2.26. The SMILES string of the molecule is Cc1ccc(C(=O)NC(C)C(=O)C(=O)NCC2CC2)cc1. The van der Waals surface area contributed by atoms with Crippen molar-refractivity contribution in [1.82, 2.24) is 10.6 Å². The molecule has 1 saturated carbocycles. The van der Waals surface area contributed by atoms with Crippen molar-refractivity contribution >= 4 is 17.6 Å². The van der Waals surface area contributed by atoms with E-state index in [1.807, 2.05) is 19.1 Å². The second kappa shape index (κ2) is 6.52. The van der Waals surface area contributed by atoms with E-state index in [4.69, 9.17) is 0 Å². The molecule has 1 fully saturated rings. The number of benzene rings is 1. The average molecular weight is 288 g/mol. The van der Waals surface area contributed by atoms with Crippen LogP contribution in [0.1, 0.15) is 35.7 Å². The van der Waals surface area contributed by atoms with Crippen LogP contribution in [0.15, 0.2) is 24.3 Å². The van der Waals surface area contributed by atoms with Gasteiger partial charge in [-0.15, -0.1) is 0 Å². The van der Waals surface area contributed by atoms with Gasteiger partial charge in [-0.2, -0.15) is 0 Å². The van der Waals surface area contributed by atoms with Gasteiger partial charge < -0.3 is 10.6 Å². The zero-order valence-electron chi connectivity index (χ0n) is 12.3. The number of aryl methyl sites for hydroxylation is 1. The molecule has 1 unspecified atom stereocenters. The summed E-state index contributed by atoms with van der Waals surface area (Å²) in [6.45, 7) is 3.99. The van der Waals surface area contributed by atoms with Gasteiger partial charge in [0.05, 0.1) is 6.04 Å². The topological polar surface area (TPSA) is 75.3 Å². The van der Waals surface area contributed by atoms with Crippen molar-refractivity contribution in [2.75, 3.05) is 6.54 Å². The minimum Gasteiger partial charge on any atom is -0.349 e. The molecular formula is C16H20N2O3. The Balaban J connectivity index is 1.85. The molecule has 0 saturated heterocycles. The van der Waals surface area contributed by atoms with Crippen LogP contribution in [0, 0.1) is 12.8 Å². The minimum absolute atomic E-state index is 0.356. The summed E-state index contributed by atoms with van der Waals surface area (Å²) in [6, 6.07) is 6.19. The van der Waals surface area contributed by atoms with Gasteiger partial charge in [0.2, 0.25) is 5.78 Å². The quantitative estimate of drug-likeness (QED) is 0.773. The molecule has 0 aromatic heterocycles. The number of hydrogen-bond donors (Lipinski definition) is 2. The molecule has 5 heteroatoms. The summed E-state index contributed by atoms with van der Waals surface area (Å²) in [7, 11) is 0. The van der Waals surface area contributed by atoms with Crippen LogP contribution >= 0.6 is 0 Å². The van der Waals surface area contributed by atoms with Gasteiger partial charge in [-0.3, -0.25) is 14.4 Å². The molecule has 112 valence electrons. The number of nitrogens with one attached hydrogen (secondary N) is 2. The van der Waals surface area contributed by atoms with Gasteiger partial charge in [-0.05, 0) is 44.7 Å². The van der Waals surface area contributed by atoms with E-state index in [1.54, 1.807) is 12.1 Å². The Morgan fingerprint density at radius 3 is 2.38 bits per heavy atom. The second-order valence-electron chi connectivity index (χ2n) is 5.58. The Morgan fingerprint density at radius 1 is 1.19 bits per heavy atom. The van der Waals surface area contributed by atoms with Gasteiger partial charge in [0.15, 0.2) is 0 Å². The number of carbonyl (C=O) groups excluding carboxylic acids is 3. The van der Waals surface area contributed by atoms with Crippen molar-refractivity contribution in [3.8, 4) is 0 Å². The van der Waals surface area contributed by atoms with Gasteiger partial charge in [-0.25, -0.2) is 0 Å². The third kappa shape index (κ3) is 4.41. The lowest BCUT2D eigenvalue weighted by molar-refractivity contribution is -0.138. The Hall–Kier alpha value is -2.17. The summed E-state index contributed by atoms with van der Waals surface area (Å²) in [6.07, 6.45) is 2.21. The molecule has 0 spiro atoms. The molecule has 0 heterocycles. The molecule has 21 heavy (non-hydrogen) atoms. The number of carbonyl (C=O) groups is 3. The van der Waals surface area contributed by atoms with Crippen molar-refractivity contribution in [2.45, 2.75) is 32.7 Å². The Morgan fingerprint density at radius 2 is 1.81 bits per heavy atom. The summed E-state index contributed by atoms with van der Waals surface area (Å²) >= 11 is 0. The molecule has 1 aliphatic carbocycles. The van der Waals surface area contributed by atoms with E-state index in [2.05, 4.69) is 10.6 Å². The van der Waals surface area contributed by atoms with Crippen molar-refractivity contribution in [3.63, 3.8) is 0 Å². The summed E-state index contributed by atoms with van der Waals surface area (Å²) in [5.74, 6) is -1.08. The minimum atomic E-state index is -0.835. The third-order valence-corrected chi connectivity index (χ3v) is 3.53. The van der Waals surface area contributed by atoms with Crippen molar-refractivity contribution in [3.05, 3.63) is 35.4 Å². The molecular weight excluding hydrogens is 268 g/mol. The lowest BCUT2D eigenvalue weighted by Crippen LogP contribution is -2.46. The van der Waals surface area contributed by atoms with Crippen LogP contribution < -0.4 is 10.6 Å². The molecule has 0 radical (unpaired) electrons. The summed E-state index contributed by atoms with van der Waals surface area (Å²) in [5, 5.41) is 5.16. The van der Waals surface area contributed by atoms with Crippen molar-refractivity contribution in [2.24, 2.45) is 5.92 Å². The van der Waals surface area contributed by atoms with Crippen LogP contribution in [-0.4, -0.2) is 30.2 Å². The highest BCUT2D eigenvalue weighted by Crippen LogP contribution is 2.27. The molecule has 0 bridgehead atoms. The number of rotatable bonds is 6. The smallest absolute Gasteiger partial charge is 0.289 e. The summed E-state index contributed by atoms with van der Waals surface area (Å²) in [4.78, 5) is 35.5. The van der Waals surface area contributed by atoms with Gasteiger partial charge in [0.1, 0.15) is 0 Å². The molecule has 1 atom stereocenters. The monoisotopic (exact) mass is 288 g/mol. The van der Waals surface area contributed by atoms with Crippen LogP contribution in [-0.2, 0) is 9.59 Å². The fourth-order valence-electron chi connectivity index (χ4n) is 1.89. The second-order valence-corrected chi connectivity index (χ2v) is 5.58. The molecule has 0 aliphatic heterocycles. The number of amides is 2. The van der Waals surface area contributed by atoms with E-state index in [9.17, 15) is 14.4 Å². The largest absolute Gasteiger partial charge is 0.349 e. The summed E-state index contributed by atoms with van der Waals surface area (Å²) in [5.41, 5.74) is 1.52. The highest BCUT2D eigenvalue weighted by molar-refractivity contribution is 6.38. The zero-order valence-corrected chi connectivity index (χ0v) is 12.3. The first-order valence-corrected chi connectivity index (χ1v) is 7.17. The van der Waals surface area contributed by atoms with Crippen LogP contribution in [0.4, 0.5) is 0 Å². The van der Waals surface area contributed by atoms with Gasteiger partial charge in [0.25, 0.3) is 11.8 Å². The van der Waals surface area contributed by atoms with Crippen LogP contribution in [0.3, 0.4) is 0 Å². The van der Waals surface area contributed by atoms with Crippen molar-refractivity contribution in [1.29, 1.82) is 0 Å². The van der Waals surface area contributed by atoms with Crippen LogP contribution in [0.5, 0.6) is 0 Å². The third-order valence-electron chi connectivity index (χ3n) is 3.53. The van der Waals surface area contributed by atoms with Crippen molar-refractivity contribution < 1.29 is 14.4 Å². The first kappa shape index (κ1) is 15.2. The van der Waals surface area contributed by atoms with E-state index >= 15 is 0 Å². The number of Topliss-reactive ketones (excluding diaryl/α,β-unsaturated/α-hetero) is 1. The lowest BCUT2D eigenvalue weighted by Gasteiger charge is -2.13. The maximum atomic E-state index is 12.0.